The van der Waals surface area contributed by atoms with Gasteiger partial charge < -0.3 is 14.8 Å². The van der Waals surface area contributed by atoms with E-state index in [1.54, 1.807) is 12.1 Å². The summed E-state index contributed by atoms with van der Waals surface area (Å²) >= 11 is 5.86. The molecule has 0 radical (unpaired) electrons. The number of amides is 1. The molecule has 2 aromatic carbocycles. The van der Waals surface area contributed by atoms with Crippen LogP contribution in [-0.4, -0.2) is 11.7 Å². The first-order valence-corrected chi connectivity index (χ1v) is 8.56. The van der Waals surface area contributed by atoms with E-state index in [9.17, 15) is 4.79 Å². The Bertz CT molecular complexity index is 767. The number of fused-ring (bicyclic) bond motifs is 1. The first-order valence-electron chi connectivity index (χ1n) is 8.18. The highest BCUT2D eigenvalue weighted by molar-refractivity contribution is 6.30. The van der Waals surface area contributed by atoms with Crippen molar-refractivity contribution in [1.29, 1.82) is 0 Å². The normalized spacial score (nSPS) is 17.2. The smallest absolute Gasteiger partial charge is 0.251 e. The zero-order valence-electron chi connectivity index (χ0n) is 13.2. The fraction of sp³-hybridized carbons (Fsp3) is 0.316. The zero-order valence-corrected chi connectivity index (χ0v) is 13.9. The van der Waals surface area contributed by atoms with Gasteiger partial charge in [-0.25, -0.2) is 0 Å². The molecule has 2 aromatic rings. The summed E-state index contributed by atoms with van der Waals surface area (Å²) in [7, 11) is 0. The molecule has 5 heteroatoms. The van der Waals surface area contributed by atoms with Crippen LogP contribution in [0, 0.1) is 0 Å². The predicted octanol–water partition coefficient (Wildman–Crippen LogP) is 4.56. The van der Waals surface area contributed by atoms with Gasteiger partial charge in [-0.15, -0.1) is 0 Å². The molecule has 4 nitrogen and oxygen atoms in total. The predicted molar refractivity (Wildman–Crippen MR) is 92.7 cm³/mol. The molecule has 0 saturated heterocycles. The molecule has 1 N–H and O–H groups in total. The maximum absolute atomic E-state index is 12.2. The number of nitrogens with one attached hydrogen (secondary N) is 1. The Morgan fingerprint density at radius 1 is 1.04 bits per heavy atom. The molecular formula is C19H18ClNO3. The van der Waals surface area contributed by atoms with E-state index in [-0.39, 0.29) is 5.91 Å². The number of halogens is 1. The second-order valence-corrected chi connectivity index (χ2v) is 6.77. The summed E-state index contributed by atoms with van der Waals surface area (Å²) in [5.41, 5.74) is 1.63. The minimum atomic E-state index is -0.478. The zero-order chi connectivity index (χ0) is 16.6. The lowest BCUT2D eigenvalue weighted by atomic mass is 10.1. The van der Waals surface area contributed by atoms with Gasteiger partial charge in [0.05, 0.1) is 6.42 Å². The lowest BCUT2D eigenvalue weighted by molar-refractivity contribution is -0.115. The van der Waals surface area contributed by atoms with Crippen molar-refractivity contribution in [1.82, 2.24) is 0 Å². The number of benzene rings is 2. The van der Waals surface area contributed by atoms with Crippen molar-refractivity contribution in [3.63, 3.8) is 0 Å². The summed E-state index contributed by atoms with van der Waals surface area (Å²) < 4.78 is 12.0. The summed E-state index contributed by atoms with van der Waals surface area (Å²) in [5.74, 6) is 0.912. The Labute approximate surface area is 145 Å². The molecule has 0 unspecified atom stereocenters. The number of carbonyl (C=O) groups is 1. The first kappa shape index (κ1) is 15.3. The summed E-state index contributed by atoms with van der Waals surface area (Å²) in [6.07, 6.45) is 4.38. The molecule has 1 aliphatic heterocycles. The van der Waals surface area contributed by atoms with Crippen LogP contribution in [0.1, 0.15) is 31.2 Å². The molecule has 0 aromatic heterocycles. The van der Waals surface area contributed by atoms with Crippen LogP contribution in [0.3, 0.4) is 0 Å². The number of ether oxygens (including phenoxy) is 2. The number of carbonyl (C=O) groups excluding carboxylic acids is 1. The van der Waals surface area contributed by atoms with Crippen LogP contribution in [0.15, 0.2) is 42.5 Å². The molecule has 1 saturated carbocycles. The summed E-state index contributed by atoms with van der Waals surface area (Å²) in [4.78, 5) is 12.2. The quantitative estimate of drug-likeness (QED) is 0.888. The molecule has 4 rings (SSSR count). The minimum Gasteiger partial charge on any atom is -0.448 e. The minimum absolute atomic E-state index is 0.0771. The first-order chi connectivity index (χ1) is 11.6. The fourth-order valence-corrected chi connectivity index (χ4v) is 3.41. The topological polar surface area (TPSA) is 47.6 Å². The largest absolute Gasteiger partial charge is 0.448 e. The van der Waals surface area contributed by atoms with E-state index in [1.165, 1.54) is 0 Å². The van der Waals surface area contributed by atoms with E-state index >= 15 is 0 Å². The van der Waals surface area contributed by atoms with Gasteiger partial charge in [0.1, 0.15) is 0 Å². The van der Waals surface area contributed by atoms with Crippen LogP contribution in [0.4, 0.5) is 5.69 Å². The average molecular weight is 344 g/mol. The van der Waals surface area contributed by atoms with Crippen LogP contribution in [-0.2, 0) is 11.2 Å². The third-order valence-corrected chi connectivity index (χ3v) is 4.71. The van der Waals surface area contributed by atoms with Gasteiger partial charge >= 0.3 is 0 Å². The monoisotopic (exact) mass is 343 g/mol. The second-order valence-electron chi connectivity index (χ2n) is 6.33. The van der Waals surface area contributed by atoms with Gasteiger partial charge in [-0.1, -0.05) is 23.7 Å². The van der Waals surface area contributed by atoms with Crippen molar-refractivity contribution in [2.75, 3.05) is 5.32 Å². The summed E-state index contributed by atoms with van der Waals surface area (Å²) in [6.45, 7) is 0. The van der Waals surface area contributed by atoms with Gasteiger partial charge in [-0.2, -0.15) is 0 Å². The van der Waals surface area contributed by atoms with Crippen LogP contribution in [0.25, 0.3) is 0 Å². The van der Waals surface area contributed by atoms with Gasteiger partial charge in [0.25, 0.3) is 5.79 Å². The Balaban J connectivity index is 1.43. The Morgan fingerprint density at radius 3 is 2.50 bits per heavy atom. The molecule has 1 spiro atoms. The van der Waals surface area contributed by atoms with Gasteiger partial charge in [0.2, 0.25) is 5.91 Å². The van der Waals surface area contributed by atoms with Crippen molar-refractivity contribution >= 4 is 23.2 Å². The van der Waals surface area contributed by atoms with E-state index in [1.807, 2.05) is 30.3 Å². The molecule has 24 heavy (non-hydrogen) atoms. The Hall–Kier alpha value is -2.20. The molecule has 2 aliphatic rings. The molecule has 0 bridgehead atoms. The molecule has 1 heterocycles. The van der Waals surface area contributed by atoms with Crippen LogP contribution in [0.5, 0.6) is 11.5 Å². The van der Waals surface area contributed by atoms with E-state index in [4.69, 9.17) is 21.1 Å². The molecule has 0 atom stereocenters. The Morgan fingerprint density at radius 2 is 1.75 bits per heavy atom. The van der Waals surface area contributed by atoms with Crippen molar-refractivity contribution in [2.24, 2.45) is 0 Å². The average Bonchev–Trinajstić information content (AvgIpc) is 3.15. The standard InChI is InChI=1S/C19H18ClNO3/c20-14-5-3-13(4-6-14)11-18(22)21-15-7-8-16-17(12-15)24-19(23-16)9-1-2-10-19/h3-8,12H,1-2,9-11H2,(H,21,22). The summed E-state index contributed by atoms with van der Waals surface area (Å²) in [5, 5.41) is 3.57. The maximum atomic E-state index is 12.2. The highest BCUT2D eigenvalue weighted by atomic mass is 35.5. The van der Waals surface area contributed by atoms with E-state index in [2.05, 4.69) is 5.32 Å². The van der Waals surface area contributed by atoms with Gasteiger partial charge in [-0.3, -0.25) is 4.79 Å². The molecule has 124 valence electrons. The van der Waals surface area contributed by atoms with E-state index in [0.29, 0.717) is 22.9 Å². The molecule has 1 fully saturated rings. The third-order valence-electron chi connectivity index (χ3n) is 4.46. The maximum Gasteiger partial charge on any atom is 0.251 e. The number of rotatable bonds is 3. The lowest BCUT2D eigenvalue weighted by Crippen LogP contribution is -2.34. The fourth-order valence-electron chi connectivity index (χ4n) is 3.28. The van der Waals surface area contributed by atoms with E-state index in [0.717, 1.165) is 37.0 Å². The van der Waals surface area contributed by atoms with Crippen molar-refractivity contribution < 1.29 is 14.3 Å². The van der Waals surface area contributed by atoms with Crippen molar-refractivity contribution in [2.45, 2.75) is 37.9 Å². The van der Waals surface area contributed by atoms with Gasteiger partial charge in [-0.05, 0) is 42.7 Å². The van der Waals surface area contributed by atoms with Gasteiger partial charge in [0, 0.05) is 29.6 Å². The number of anilines is 1. The number of hydrogen-bond acceptors (Lipinski definition) is 3. The molecule has 1 amide bonds. The lowest BCUT2D eigenvalue weighted by Gasteiger charge is -2.21. The molecular weight excluding hydrogens is 326 g/mol. The van der Waals surface area contributed by atoms with Crippen molar-refractivity contribution in [3.8, 4) is 11.5 Å². The van der Waals surface area contributed by atoms with Crippen LogP contribution < -0.4 is 14.8 Å². The third kappa shape index (κ3) is 3.06. The second kappa shape index (κ2) is 6.02. The van der Waals surface area contributed by atoms with Gasteiger partial charge in [0.15, 0.2) is 11.5 Å². The SMILES string of the molecule is O=C(Cc1ccc(Cl)cc1)Nc1ccc2c(c1)OC1(CCCC1)O2. The van der Waals surface area contributed by atoms with Crippen LogP contribution >= 0.6 is 11.6 Å². The highest BCUT2D eigenvalue weighted by Crippen LogP contribution is 2.47. The van der Waals surface area contributed by atoms with Crippen molar-refractivity contribution in [3.05, 3.63) is 53.1 Å². The Kier molecular flexibility index (Phi) is 3.85. The number of hydrogen-bond donors (Lipinski definition) is 1. The summed E-state index contributed by atoms with van der Waals surface area (Å²) in [6, 6.07) is 12.8. The molecule has 1 aliphatic carbocycles. The highest BCUT2D eigenvalue weighted by Gasteiger charge is 2.44. The van der Waals surface area contributed by atoms with Crippen LogP contribution in [0.2, 0.25) is 5.02 Å². The van der Waals surface area contributed by atoms with E-state index < -0.39 is 5.79 Å².